The van der Waals surface area contributed by atoms with Crippen LogP contribution in [0.3, 0.4) is 0 Å². The van der Waals surface area contributed by atoms with Crippen molar-refractivity contribution in [3.8, 4) is 0 Å². The zero-order chi connectivity index (χ0) is 19.3. The quantitative estimate of drug-likeness (QED) is 0.768. The highest BCUT2D eigenvalue weighted by molar-refractivity contribution is 6.00. The maximum absolute atomic E-state index is 13.6. The van der Waals surface area contributed by atoms with Crippen LogP contribution in [0.2, 0.25) is 0 Å². The van der Waals surface area contributed by atoms with Crippen LogP contribution in [0, 0.1) is 0 Å². The standard InChI is InChI=1S/C23H23N3O2/c1-23-21-18(17-9-5-6-10-19(17)24-21)12-14-26(23)20(27)15-25(22(23)28)13-11-16-7-3-2-4-8-16/h2-10,24H,11-15H2,1H3/t23-/m0/s1. The van der Waals surface area contributed by atoms with E-state index in [0.717, 1.165) is 29.4 Å². The number of hydrogen-bond donors (Lipinski definition) is 1. The van der Waals surface area contributed by atoms with E-state index in [1.54, 1.807) is 9.80 Å². The highest BCUT2D eigenvalue weighted by atomic mass is 16.2. The molecule has 0 radical (unpaired) electrons. The third-order valence-electron chi connectivity index (χ3n) is 6.27. The van der Waals surface area contributed by atoms with Crippen molar-refractivity contribution in [2.75, 3.05) is 19.6 Å². The number of fused-ring (bicyclic) bond motifs is 5. The van der Waals surface area contributed by atoms with E-state index in [4.69, 9.17) is 0 Å². The molecule has 0 spiro atoms. The van der Waals surface area contributed by atoms with Gasteiger partial charge in [0, 0.05) is 24.0 Å². The second-order valence-corrected chi connectivity index (χ2v) is 7.85. The molecule has 5 nitrogen and oxygen atoms in total. The number of benzene rings is 2. The number of nitrogens with one attached hydrogen (secondary N) is 1. The van der Waals surface area contributed by atoms with Crippen molar-refractivity contribution >= 4 is 22.7 Å². The monoisotopic (exact) mass is 373 g/mol. The summed E-state index contributed by atoms with van der Waals surface area (Å²) in [5.74, 6) is 0.0370. The van der Waals surface area contributed by atoms with Crippen molar-refractivity contribution < 1.29 is 9.59 Å². The fraction of sp³-hybridized carbons (Fsp3) is 0.304. The molecule has 1 atom stereocenters. The van der Waals surface area contributed by atoms with E-state index in [0.29, 0.717) is 13.1 Å². The lowest BCUT2D eigenvalue weighted by Crippen LogP contribution is -2.67. The number of aromatic nitrogens is 1. The Morgan fingerprint density at radius 1 is 1.04 bits per heavy atom. The second-order valence-electron chi connectivity index (χ2n) is 7.85. The summed E-state index contributed by atoms with van der Waals surface area (Å²) in [6, 6.07) is 18.2. The average Bonchev–Trinajstić information content (AvgIpc) is 3.11. The third-order valence-corrected chi connectivity index (χ3v) is 6.27. The Labute approximate surface area is 163 Å². The number of rotatable bonds is 3. The van der Waals surface area contributed by atoms with Gasteiger partial charge in [0.05, 0.1) is 12.2 Å². The fourth-order valence-corrected chi connectivity index (χ4v) is 4.77. The molecule has 1 saturated heterocycles. The van der Waals surface area contributed by atoms with Crippen LogP contribution in [-0.4, -0.2) is 46.2 Å². The number of aromatic amines is 1. The Hall–Kier alpha value is -3.08. The van der Waals surface area contributed by atoms with Crippen molar-refractivity contribution in [2.45, 2.75) is 25.3 Å². The number of para-hydroxylation sites is 1. The van der Waals surface area contributed by atoms with Gasteiger partial charge in [0.15, 0.2) is 5.54 Å². The Kier molecular flexibility index (Phi) is 3.79. The van der Waals surface area contributed by atoms with Crippen molar-refractivity contribution in [1.82, 2.24) is 14.8 Å². The Morgan fingerprint density at radius 3 is 2.61 bits per heavy atom. The normalized spacial score (nSPS) is 21.8. The minimum atomic E-state index is -0.960. The molecule has 28 heavy (non-hydrogen) atoms. The first-order valence-corrected chi connectivity index (χ1v) is 9.83. The number of nitrogens with zero attached hydrogens (tertiary/aromatic N) is 2. The van der Waals surface area contributed by atoms with Crippen LogP contribution in [0.15, 0.2) is 54.6 Å². The number of hydrogen-bond acceptors (Lipinski definition) is 2. The Bertz CT molecular complexity index is 1070. The molecular weight excluding hydrogens is 350 g/mol. The summed E-state index contributed by atoms with van der Waals surface area (Å²) in [5, 5.41) is 1.15. The van der Waals surface area contributed by atoms with Gasteiger partial charge in [0.25, 0.3) is 5.91 Å². The summed E-state index contributed by atoms with van der Waals surface area (Å²) >= 11 is 0. The van der Waals surface area contributed by atoms with Gasteiger partial charge in [-0.15, -0.1) is 0 Å². The summed E-state index contributed by atoms with van der Waals surface area (Å²) in [7, 11) is 0. The molecule has 3 heterocycles. The molecule has 5 rings (SSSR count). The van der Waals surface area contributed by atoms with Crippen molar-refractivity contribution in [1.29, 1.82) is 0 Å². The molecule has 0 bridgehead atoms. The predicted molar refractivity (Wildman–Crippen MR) is 108 cm³/mol. The molecule has 0 saturated carbocycles. The smallest absolute Gasteiger partial charge is 0.254 e. The van der Waals surface area contributed by atoms with E-state index in [2.05, 4.69) is 23.2 Å². The van der Waals surface area contributed by atoms with Crippen molar-refractivity contribution in [3.05, 3.63) is 71.4 Å². The molecule has 5 heteroatoms. The van der Waals surface area contributed by atoms with Crippen LogP contribution in [0.25, 0.3) is 10.9 Å². The van der Waals surface area contributed by atoms with Crippen LogP contribution in [0.5, 0.6) is 0 Å². The summed E-state index contributed by atoms with van der Waals surface area (Å²) < 4.78 is 0. The summed E-state index contributed by atoms with van der Waals surface area (Å²) in [6.07, 6.45) is 1.52. The van der Waals surface area contributed by atoms with E-state index in [1.807, 2.05) is 43.3 Å². The van der Waals surface area contributed by atoms with Gasteiger partial charge in [-0.05, 0) is 37.0 Å². The molecule has 2 amide bonds. The highest BCUT2D eigenvalue weighted by Crippen LogP contribution is 2.41. The maximum Gasteiger partial charge on any atom is 0.254 e. The SMILES string of the molecule is C[C@]12C(=O)N(CCc3ccccc3)CC(=O)N1CCc1c2[nH]c2ccccc12. The van der Waals surface area contributed by atoms with Crippen LogP contribution in [-0.2, 0) is 28.0 Å². The Morgan fingerprint density at radius 2 is 1.79 bits per heavy atom. The second kappa shape index (κ2) is 6.23. The molecule has 2 aromatic carbocycles. The number of carbonyl (C=O) groups is 2. The fourth-order valence-electron chi connectivity index (χ4n) is 4.77. The third kappa shape index (κ3) is 2.39. The van der Waals surface area contributed by atoms with Gasteiger partial charge in [0.1, 0.15) is 0 Å². The molecule has 2 aliphatic heterocycles. The zero-order valence-electron chi connectivity index (χ0n) is 15.9. The molecule has 0 aliphatic carbocycles. The molecule has 1 N–H and O–H groups in total. The summed E-state index contributed by atoms with van der Waals surface area (Å²) in [6.45, 7) is 3.20. The summed E-state index contributed by atoms with van der Waals surface area (Å²) in [5.41, 5.74) is 3.28. The molecule has 142 valence electrons. The van der Waals surface area contributed by atoms with Gasteiger partial charge < -0.3 is 14.8 Å². The number of amides is 2. The maximum atomic E-state index is 13.6. The molecule has 2 aliphatic rings. The van der Waals surface area contributed by atoms with E-state index in [1.165, 1.54) is 11.1 Å². The van der Waals surface area contributed by atoms with Gasteiger partial charge in [-0.3, -0.25) is 9.59 Å². The van der Waals surface area contributed by atoms with Crippen LogP contribution < -0.4 is 0 Å². The molecule has 0 unspecified atom stereocenters. The first-order chi connectivity index (χ1) is 13.6. The Balaban J connectivity index is 1.52. The van der Waals surface area contributed by atoms with Crippen LogP contribution in [0.4, 0.5) is 0 Å². The van der Waals surface area contributed by atoms with Gasteiger partial charge in [-0.1, -0.05) is 48.5 Å². The number of carbonyl (C=O) groups excluding carboxylic acids is 2. The predicted octanol–water partition coefficient (Wildman–Crippen LogP) is 2.85. The molecule has 3 aromatic rings. The topological polar surface area (TPSA) is 56.4 Å². The van der Waals surface area contributed by atoms with Gasteiger partial charge in [0.2, 0.25) is 5.91 Å². The highest BCUT2D eigenvalue weighted by Gasteiger charge is 2.53. The zero-order valence-corrected chi connectivity index (χ0v) is 15.9. The molecule has 1 aromatic heterocycles. The first kappa shape index (κ1) is 17.0. The van der Waals surface area contributed by atoms with Crippen LogP contribution in [0.1, 0.15) is 23.7 Å². The average molecular weight is 373 g/mol. The van der Waals surface area contributed by atoms with E-state index in [9.17, 15) is 9.59 Å². The lowest BCUT2D eigenvalue weighted by Gasteiger charge is -2.49. The molecule has 1 fully saturated rings. The van der Waals surface area contributed by atoms with Crippen LogP contribution >= 0.6 is 0 Å². The van der Waals surface area contributed by atoms with Crippen molar-refractivity contribution in [3.63, 3.8) is 0 Å². The lowest BCUT2D eigenvalue weighted by molar-refractivity contribution is -0.165. The van der Waals surface area contributed by atoms with E-state index < -0.39 is 5.54 Å². The van der Waals surface area contributed by atoms with Gasteiger partial charge in [-0.2, -0.15) is 0 Å². The largest absolute Gasteiger partial charge is 0.356 e. The molecular formula is C23H23N3O2. The van der Waals surface area contributed by atoms with E-state index in [-0.39, 0.29) is 18.4 Å². The van der Waals surface area contributed by atoms with E-state index >= 15 is 0 Å². The minimum absolute atomic E-state index is 0.00976. The first-order valence-electron chi connectivity index (χ1n) is 9.83. The number of H-pyrrole nitrogens is 1. The van der Waals surface area contributed by atoms with Gasteiger partial charge in [-0.25, -0.2) is 0 Å². The number of piperazine rings is 1. The minimum Gasteiger partial charge on any atom is -0.356 e. The van der Waals surface area contributed by atoms with Crippen molar-refractivity contribution in [2.24, 2.45) is 0 Å². The lowest BCUT2D eigenvalue weighted by atomic mass is 9.83. The summed E-state index contributed by atoms with van der Waals surface area (Å²) in [4.78, 5) is 33.5. The van der Waals surface area contributed by atoms with Gasteiger partial charge >= 0.3 is 0 Å².